The number of thiazole rings is 1. The lowest BCUT2D eigenvalue weighted by atomic mass is 10.1. The van der Waals surface area contributed by atoms with Gasteiger partial charge >= 0.3 is 5.00 Å². The second kappa shape index (κ2) is 28.8. The Balaban J connectivity index is 0.926. The molecule has 4 aromatic rings. The molecule has 3 amide bonds. The molecule has 6 N–H and O–H groups in total. The summed E-state index contributed by atoms with van der Waals surface area (Å²) in [6.45, 7) is 8.43. The van der Waals surface area contributed by atoms with Gasteiger partial charge in [-0.05, 0) is 102 Å². The SMILES string of the molecule is CC(=O)Nc1cc(NCCOCCOCCOCCOCCOCCNCCCONC(=O)c2ccc(F)c(F)c2Nc2ccc(I)cc2F)ccc1C(=O)Nc1nc(C)c([N+](=O)[O-])s1. The third-order valence-corrected chi connectivity index (χ3v) is 10.2. The molecule has 0 aliphatic rings. The van der Waals surface area contributed by atoms with Crippen LogP contribution in [0.2, 0.25) is 0 Å². The van der Waals surface area contributed by atoms with E-state index in [-0.39, 0.29) is 50.8 Å². The van der Waals surface area contributed by atoms with Crippen molar-refractivity contribution in [3.63, 3.8) is 0 Å². The van der Waals surface area contributed by atoms with E-state index in [1.165, 1.54) is 32.0 Å². The van der Waals surface area contributed by atoms with E-state index in [0.717, 1.165) is 23.5 Å². The summed E-state index contributed by atoms with van der Waals surface area (Å²) in [6.07, 6.45) is 0.529. The van der Waals surface area contributed by atoms with Crippen molar-refractivity contribution in [3.8, 4) is 0 Å². The van der Waals surface area contributed by atoms with E-state index in [1.807, 2.05) is 22.6 Å². The van der Waals surface area contributed by atoms with Gasteiger partial charge in [-0.15, -0.1) is 0 Å². The standard InChI is InChI=1S/C41H50F3IN8O11S/c1-26-40(53(57)58)65-41(48-26)51-38(55)30-6-5-29(25-35(30)49-27(2)54)47-12-15-60-17-19-62-21-23-63-22-20-61-18-16-59-14-11-46-10-3-13-64-52-39(56)31-7-8-32(42)36(44)37(31)50-34-9-4-28(45)24-33(34)43/h4-9,24-25,46-47,50H,3,10-23H2,1-2H3,(H,49,54)(H,52,56)(H,48,51,55). The van der Waals surface area contributed by atoms with Gasteiger partial charge in [0.05, 0.1) is 106 Å². The van der Waals surface area contributed by atoms with Crippen LogP contribution in [0.1, 0.15) is 39.8 Å². The molecule has 0 bridgehead atoms. The van der Waals surface area contributed by atoms with E-state index in [1.54, 1.807) is 18.2 Å². The number of nitrogens with one attached hydrogen (secondary N) is 6. The predicted molar refractivity (Wildman–Crippen MR) is 244 cm³/mol. The minimum absolute atomic E-state index is 0.0712. The zero-order chi connectivity index (χ0) is 47.0. The average molecular weight is 1050 g/mol. The van der Waals surface area contributed by atoms with Crippen molar-refractivity contribution in [1.29, 1.82) is 0 Å². The Hall–Kier alpha value is -5.06. The molecule has 0 fully saturated rings. The molecule has 1 aromatic heterocycles. The maximum absolute atomic E-state index is 14.6. The number of nitrogens with zero attached hydrogens (tertiary/aromatic N) is 2. The first-order valence-corrected chi connectivity index (χ1v) is 22.0. The van der Waals surface area contributed by atoms with Gasteiger partial charge in [0, 0.05) is 29.3 Å². The highest BCUT2D eigenvalue weighted by atomic mass is 127. The van der Waals surface area contributed by atoms with Crippen molar-refractivity contribution in [2.45, 2.75) is 20.3 Å². The first-order chi connectivity index (χ1) is 31.3. The second-order valence-corrected chi connectivity index (χ2v) is 15.7. The Morgan fingerprint density at radius 2 is 1.37 bits per heavy atom. The van der Waals surface area contributed by atoms with Gasteiger partial charge in [-0.1, -0.05) is 0 Å². The van der Waals surface area contributed by atoms with E-state index in [0.29, 0.717) is 101 Å². The quantitative estimate of drug-likeness (QED) is 0.0143. The first-order valence-electron chi connectivity index (χ1n) is 20.1. The molecule has 0 aliphatic heterocycles. The van der Waals surface area contributed by atoms with E-state index in [4.69, 9.17) is 28.5 Å². The fourth-order valence-corrected chi connectivity index (χ4v) is 6.70. The minimum atomic E-state index is -1.33. The Kier molecular flexibility index (Phi) is 23.3. The zero-order valence-electron chi connectivity index (χ0n) is 35.5. The third kappa shape index (κ3) is 18.8. The average Bonchev–Trinajstić information content (AvgIpc) is 3.64. The second-order valence-electron chi connectivity index (χ2n) is 13.5. The molecular formula is C41H50F3IN8O11S. The number of hydrogen-bond acceptors (Lipinski definition) is 16. The van der Waals surface area contributed by atoms with Crippen molar-refractivity contribution in [2.24, 2.45) is 0 Å². The Morgan fingerprint density at radius 3 is 1.98 bits per heavy atom. The lowest BCUT2D eigenvalue weighted by molar-refractivity contribution is -0.380. The van der Waals surface area contributed by atoms with Gasteiger partial charge in [-0.3, -0.25) is 34.7 Å². The number of benzene rings is 3. The molecule has 19 nitrogen and oxygen atoms in total. The lowest BCUT2D eigenvalue weighted by Gasteiger charge is -2.14. The molecule has 3 aromatic carbocycles. The number of hydrogen-bond donors (Lipinski definition) is 6. The molecule has 354 valence electrons. The number of hydroxylamine groups is 1. The Morgan fingerprint density at radius 1 is 0.738 bits per heavy atom. The number of ether oxygens (including phenoxy) is 5. The van der Waals surface area contributed by atoms with Gasteiger partial charge in [0.15, 0.2) is 16.8 Å². The molecule has 65 heavy (non-hydrogen) atoms. The third-order valence-electron chi connectivity index (χ3n) is 8.52. The highest BCUT2D eigenvalue weighted by Crippen LogP contribution is 2.31. The highest BCUT2D eigenvalue weighted by molar-refractivity contribution is 14.1. The van der Waals surface area contributed by atoms with Crippen molar-refractivity contribution < 1.29 is 61.0 Å². The van der Waals surface area contributed by atoms with E-state index in [2.05, 4.69) is 37.0 Å². The molecule has 0 saturated carbocycles. The van der Waals surface area contributed by atoms with Crippen LogP contribution in [0.3, 0.4) is 0 Å². The van der Waals surface area contributed by atoms with Crippen LogP contribution in [-0.2, 0) is 33.3 Å². The predicted octanol–water partition coefficient (Wildman–Crippen LogP) is 6.17. The number of carbonyl (C=O) groups is 3. The zero-order valence-corrected chi connectivity index (χ0v) is 38.5. The number of halogens is 4. The number of nitro groups is 1. The maximum atomic E-state index is 14.6. The largest absolute Gasteiger partial charge is 0.383 e. The lowest BCUT2D eigenvalue weighted by Crippen LogP contribution is -2.27. The van der Waals surface area contributed by atoms with Gasteiger partial charge in [0.25, 0.3) is 11.8 Å². The molecular weight excluding hydrogens is 996 g/mol. The molecule has 4 rings (SSSR count). The van der Waals surface area contributed by atoms with E-state index < -0.39 is 39.9 Å². The van der Waals surface area contributed by atoms with Gasteiger partial charge in [0.1, 0.15) is 11.5 Å². The monoisotopic (exact) mass is 1050 g/mol. The Labute approximate surface area is 390 Å². The van der Waals surface area contributed by atoms with Gasteiger partial charge in [-0.2, -0.15) is 0 Å². The normalized spacial score (nSPS) is 11.0. The smallest absolute Gasteiger partial charge is 0.348 e. The van der Waals surface area contributed by atoms with E-state index >= 15 is 0 Å². The molecule has 0 spiro atoms. The van der Waals surface area contributed by atoms with Crippen LogP contribution in [0.4, 0.5) is 46.1 Å². The first kappa shape index (κ1) is 52.6. The van der Waals surface area contributed by atoms with Crippen LogP contribution in [-0.4, -0.2) is 120 Å². The number of amides is 3. The maximum Gasteiger partial charge on any atom is 0.348 e. The number of anilines is 5. The Bertz CT molecular complexity index is 2190. The molecule has 24 heteroatoms. The van der Waals surface area contributed by atoms with Crippen LogP contribution >= 0.6 is 33.9 Å². The summed E-state index contributed by atoms with van der Waals surface area (Å²) in [5.74, 6) is -5.02. The summed E-state index contributed by atoms with van der Waals surface area (Å²) in [6, 6.07) is 10.8. The number of aromatic nitrogens is 1. The molecule has 0 aliphatic carbocycles. The van der Waals surface area contributed by atoms with Crippen molar-refractivity contribution >= 4 is 84.5 Å². The van der Waals surface area contributed by atoms with Crippen LogP contribution in [0.5, 0.6) is 0 Å². The van der Waals surface area contributed by atoms with Crippen molar-refractivity contribution in [2.75, 3.05) is 114 Å². The molecule has 0 radical (unpaired) electrons. The fraction of sp³-hybridized carbons (Fsp3) is 0.415. The number of carbonyl (C=O) groups excluding carboxylic acids is 3. The fourth-order valence-electron chi connectivity index (χ4n) is 5.47. The van der Waals surface area contributed by atoms with Gasteiger partial charge < -0.3 is 45.0 Å². The van der Waals surface area contributed by atoms with Crippen LogP contribution in [0.25, 0.3) is 0 Å². The minimum Gasteiger partial charge on any atom is -0.383 e. The van der Waals surface area contributed by atoms with Crippen molar-refractivity contribution in [3.05, 3.63) is 96.5 Å². The summed E-state index contributed by atoms with van der Waals surface area (Å²) in [5.41, 5.74) is 2.53. The highest BCUT2D eigenvalue weighted by Gasteiger charge is 2.22. The topological polar surface area (TPSA) is 235 Å². The summed E-state index contributed by atoms with van der Waals surface area (Å²) in [5, 5.41) is 25.0. The summed E-state index contributed by atoms with van der Waals surface area (Å²) in [7, 11) is 0. The summed E-state index contributed by atoms with van der Waals surface area (Å²) < 4.78 is 71.1. The number of rotatable bonds is 31. The van der Waals surface area contributed by atoms with Gasteiger partial charge in [-0.25, -0.2) is 23.6 Å². The molecule has 0 unspecified atom stereocenters. The van der Waals surface area contributed by atoms with Crippen LogP contribution in [0, 0.1) is 38.1 Å². The molecule has 0 saturated heterocycles. The van der Waals surface area contributed by atoms with Crippen LogP contribution in [0.15, 0.2) is 48.5 Å². The molecule has 0 atom stereocenters. The van der Waals surface area contributed by atoms with Gasteiger partial charge in [0.2, 0.25) is 5.91 Å². The summed E-state index contributed by atoms with van der Waals surface area (Å²) in [4.78, 5) is 57.1. The van der Waals surface area contributed by atoms with Crippen LogP contribution < -0.4 is 32.1 Å². The summed E-state index contributed by atoms with van der Waals surface area (Å²) >= 11 is 2.66. The number of aryl methyl sites for hydroxylation is 1. The molecule has 1 heterocycles. The van der Waals surface area contributed by atoms with E-state index in [9.17, 15) is 37.7 Å². The van der Waals surface area contributed by atoms with Crippen molar-refractivity contribution in [1.82, 2.24) is 15.8 Å².